The van der Waals surface area contributed by atoms with E-state index in [1.807, 2.05) is 19.1 Å². The average Bonchev–Trinajstić information content (AvgIpc) is 2.87. The van der Waals surface area contributed by atoms with E-state index >= 15 is 0 Å². The minimum Gasteiger partial charge on any atom is -0.392 e. The summed E-state index contributed by atoms with van der Waals surface area (Å²) in [6.07, 6.45) is 11.8. The number of aromatic nitrogens is 3. The highest BCUT2D eigenvalue weighted by atomic mass is 19.1. The molecule has 0 spiro atoms. The average molecular weight is 505 g/mol. The van der Waals surface area contributed by atoms with E-state index in [0.29, 0.717) is 25.3 Å². The van der Waals surface area contributed by atoms with Gasteiger partial charge in [-0.2, -0.15) is 0 Å². The molecule has 196 valence electrons. The Labute approximate surface area is 219 Å². The molecule has 2 aromatic rings. The number of rotatable bonds is 8. The zero-order valence-corrected chi connectivity index (χ0v) is 22.0. The highest BCUT2D eigenvalue weighted by Gasteiger charge is 2.30. The molecule has 7 nitrogen and oxygen atoms in total. The summed E-state index contributed by atoms with van der Waals surface area (Å²) in [5.74, 6) is 0.0352. The van der Waals surface area contributed by atoms with Crippen molar-refractivity contribution < 1.29 is 9.23 Å². The molecular weight excluding hydrogens is 467 g/mol. The summed E-state index contributed by atoms with van der Waals surface area (Å²) >= 11 is 0. The van der Waals surface area contributed by atoms with Crippen molar-refractivity contribution in [2.24, 2.45) is 11.1 Å². The first-order valence-corrected chi connectivity index (χ1v) is 13.0. The molecule has 0 saturated carbocycles. The van der Waals surface area contributed by atoms with E-state index in [0.717, 1.165) is 59.7 Å². The molecule has 0 bridgehead atoms. The molecule has 0 radical (unpaired) electrons. The second-order valence-electron chi connectivity index (χ2n) is 10.1. The number of oxime groups is 1. The van der Waals surface area contributed by atoms with E-state index in [2.05, 4.69) is 45.4 Å². The van der Waals surface area contributed by atoms with Crippen LogP contribution in [0, 0.1) is 12.8 Å². The monoisotopic (exact) mass is 504 g/mol. The van der Waals surface area contributed by atoms with Gasteiger partial charge in [0.05, 0.1) is 17.1 Å². The third-order valence-electron chi connectivity index (χ3n) is 7.08. The Kier molecular flexibility index (Phi) is 8.82. The van der Waals surface area contributed by atoms with Crippen LogP contribution in [-0.2, 0) is 11.3 Å². The summed E-state index contributed by atoms with van der Waals surface area (Å²) in [4.78, 5) is 21.8. The largest absolute Gasteiger partial charge is 0.392 e. The van der Waals surface area contributed by atoms with E-state index in [-0.39, 0.29) is 23.8 Å². The first-order chi connectivity index (χ1) is 17.8. The van der Waals surface area contributed by atoms with Crippen molar-refractivity contribution in [3.05, 3.63) is 77.7 Å². The van der Waals surface area contributed by atoms with Crippen molar-refractivity contribution in [3.8, 4) is 0 Å². The third-order valence-corrected chi connectivity index (χ3v) is 7.08. The van der Waals surface area contributed by atoms with Gasteiger partial charge in [-0.15, -0.1) is 0 Å². The molecular formula is C29H37FN6O. The van der Waals surface area contributed by atoms with Crippen LogP contribution < -0.4 is 5.73 Å². The lowest BCUT2D eigenvalue weighted by molar-refractivity contribution is 0.00395. The Hall–Kier alpha value is -3.39. The molecule has 0 amide bonds. The fourth-order valence-corrected chi connectivity index (χ4v) is 5.21. The lowest BCUT2D eigenvalue weighted by atomic mass is 9.80. The summed E-state index contributed by atoms with van der Waals surface area (Å²) in [5, 5.41) is 4.68. The fourth-order valence-electron chi connectivity index (χ4n) is 5.21. The topological polar surface area (TPSA) is 89.5 Å². The quantitative estimate of drug-likeness (QED) is 0.381. The van der Waals surface area contributed by atoms with Gasteiger partial charge in [-0.3, -0.25) is 4.98 Å². The molecule has 1 aliphatic carbocycles. The van der Waals surface area contributed by atoms with E-state index in [1.54, 1.807) is 18.5 Å². The van der Waals surface area contributed by atoms with Crippen LogP contribution in [0.15, 0.2) is 60.3 Å². The molecule has 1 saturated heterocycles. The summed E-state index contributed by atoms with van der Waals surface area (Å²) in [7, 11) is 0. The Morgan fingerprint density at radius 2 is 2.08 bits per heavy atom. The van der Waals surface area contributed by atoms with Gasteiger partial charge < -0.3 is 15.5 Å². The number of nitrogens with zero attached hydrogens (tertiary/aromatic N) is 5. The van der Waals surface area contributed by atoms with Crippen molar-refractivity contribution in [2.75, 3.05) is 18.8 Å². The summed E-state index contributed by atoms with van der Waals surface area (Å²) in [6, 6.07) is 4.34. The van der Waals surface area contributed by atoms with Crippen LogP contribution in [0.3, 0.4) is 0 Å². The predicted octanol–water partition coefficient (Wildman–Crippen LogP) is 5.43. The van der Waals surface area contributed by atoms with Crippen LogP contribution in [0.2, 0.25) is 0 Å². The molecule has 1 aliphatic heterocycles. The number of aryl methyl sites for hydroxylation is 1. The normalized spacial score (nSPS) is 20.8. The van der Waals surface area contributed by atoms with Crippen molar-refractivity contribution in [1.29, 1.82) is 0 Å². The summed E-state index contributed by atoms with van der Waals surface area (Å²) in [6.45, 7) is 12.0. The van der Waals surface area contributed by atoms with Gasteiger partial charge in [0.1, 0.15) is 11.9 Å². The lowest BCUT2D eigenvalue weighted by Crippen LogP contribution is -2.40. The zero-order chi connectivity index (χ0) is 26.4. The smallest absolute Gasteiger partial charge is 0.220 e. The maximum atomic E-state index is 14.5. The van der Waals surface area contributed by atoms with E-state index in [4.69, 9.17) is 10.6 Å². The van der Waals surface area contributed by atoms with Crippen LogP contribution in [0.4, 0.5) is 10.3 Å². The number of anilines is 1. The minimum absolute atomic E-state index is 0.0883. The van der Waals surface area contributed by atoms with Gasteiger partial charge in [0.25, 0.3) is 0 Å². The standard InChI is InChI=1S/C29H37FN6O/c1-5-7-24(30)17-23(22-8-6-11-32-18-22)14-21-15-26-28(20(4)33-29(31)34-26)27(16-21)35-37-25-9-12-36(13-10-25)19(2)3/h5-8,11,17-19,21,25H,1,9-10,12-16H2,2-4H3,(H2,31,33,34)/b23-17+,24-7+,35-27+. The van der Waals surface area contributed by atoms with Gasteiger partial charge in [0, 0.05) is 37.1 Å². The molecule has 4 rings (SSSR count). The molecule has 1 fully saturated rings. The van der Waals surface area contributed by atoms with Gasteiger partial charge in [0.2, 0.25) is 5.95 Å². The number of hydrogen-bond acceptors (Lipinski definition) is 7. The van der Waals surface area contributed by atoms with Gasteiger partial charge in [-0.25, -0.2) is 14.4 Å². The van der Waals surface area contributed by atoms with Gasteiger partial charge in [-0.1, -0.05) is 23.9 Å². The highest BCUT2D eigenvalue weighted by Crippen LogP contribution is 2.34. The second-order valence-corrected chi connectivity index (χ2v) is 10.1. The number of fused-ring (bicyclic) bond motifs is 1. The maximum Gasteiger partial charge on any atom is 0.220 e. The Morgan fingerprint density at radius 1 is 1.30 bits per heavy atom. The molecule has 1 atom stereocenters. The second kappa shape index (κ2) is 12.2. The van der Waals surface area contributed by atoms with Gasteiger partial charge in [-0.05, 0) is 88.1 Å². The van der Waals surface area contributed by atoms with Crippen LogP contribution in [0.5, 0.6) is 0 Å². The molecule has 2 aliphatic rings. The van der Waals surface area contributed by atoms with Gasteiger partial charge >= 0.3 is 0 Å². The Balaban J connectivity index is 1.60. The number of hydrogen-bond donors (Lipinski definition) is 1. The number of halogens is 1. The number of allylic oxidation sites excluding steroid dienone is 5. The van der Waals surface area contributed by atoms with Crippen molar-refractivity contribution in [1.82, 2.24) is 19.9 Å². The highest BCUT2D eigenvalue weighted by molar-refractivity contribution is 6.03. The number of nitrogen functional groups attached to an aromatic ring is 1. The number of pyridine rings is 1. The Morgan fingerprint density at radius 3 is 2.76 bits per heavy atom. The number of nitrogens with two attached hydrogens (primary N) is 1. The molecule has 1 unspecified atom stereocenters. The SMILES string of the molecule is C=C/C=C(F)\C=C(/CC1C/C(=N\OC2CCN(C(C)C)CC2)c2c(C)nc(N)nc2C1)c1cccnc1. The maximum absolute atomic E-state index is 14.5. The van der Waals surface area contributed by atoms with Crippen molar-refractivity contribution in [3.63, 3.8) is 0 Å². The van der Waals surface area contributed by atoms with Crippen LogP contribution in [0.25, 0.3) is 5.57 Å². The number of likely N-dealkylation sites (tertiary alicyclic amines) is 1. The first-order valence-electron chi connectivity index (χ1n) is 13.0. The molecule has 3 heterocycles. The molecule has 2 N–H and O–H groups in total. The Bertz CT molecular complexity index is 1180. The van der Waals surface area contributed by atoms with E-state index < -0.39 is 0 Å². The van der Waals surface area contributed by atoms with Gasteiger partial charge in [0.15, 0.2) is 0 Å². The molecule has 0 aromatic carbocycles. The number of piperidine rings is 1. The van der Waals surface area contributed by atoms with Crippen LogP contribution in [-0.4, -0.2) is 50.8 Å². The van der Waals surface area contributed by atoms with Crippen molar-refractivity contribution >= 4 is 17.2 Å². The molecule has 8 heteroatoms. The summed E-state index contributed by atoms with van der Waals surface area (Å²) in [5.41, 5.74) is 11.2. The lowest BCUT2D eigenvalue weighted by Gasteiger charge is -2.33. The predicted molar refractivity (Wildman–Crippen MR) is 147 cm³/mol. The molecule has 2 aromatic heterocycles. The zero-order valence-electron chi connectivity index (χ0n) is 22.0. The van der Waals surface area contributed by atoms with E-state index in [9.17, 15) is 4.39 Å². The van der Waals surface area contributed by atoms with E-state index in [1.165, 1.54) is 12.2 Å². The van der Waals surface area contributed by atoms with Crippen molar-refractivity contribution in [2.45, 2.75) is 65.0 Å². The third kappa shape index (κ3) is 6.89. The first kappa shape index (κ1) is 26.7. The fraction of sp³-hybridized carbons (Fsp3) is 0.448. The van der Waals surface area contributed by atoms with Crippen LogP contribution >= 0.6 is 0 Å². The van der Waals surface area contributed by atoms with Crippen LogP contribution in [0.1, 0.15) is 62.0 Å². The minimum atomic E-state index is -0.350. The summed E-state index contributed by atoms with van der Waals surface area (Å²) < 4.78 is 14.5. The molecule has 37 heavy (non-hydrogen) atoms.